The average molecular weight is 465 g/mol. The maximum atomic E-state index is 13.3. The lowest BCUT2D eigenvalue weighted by Crippen LogP contribution is -2.36. The Morgan fingerprint density at radius 1 is 1.18 bits per heavy atom. The van der Waals surface area contributed by atoms with E-state index in [1.54, 1.807) is 31.4 Å². The van der Waals surface area contributed by atoms with Gasteiger partial charge >= 0.3 is 0 Å². The topological polar surface area (TPSA) is 88.5 Å². The summed E-state index contributed by atoms with van der Waals surface area (Å²) in [6.45, 7) is 2.20. The number of Topliss-reactive ketones (excluding diaryl/α,β-unsaturated/α-hetero) is 1. The van der Waals surface area contributed by atoms with Gasteiger partial charge in [0.25, 0.3) is 11.7 Å². The molecule has 8 nitrogen and oxygen atoms in total. The molecule has 0 spiro atoms. The summed E-state index contributed by atoms with van der Waals surface area (Å²) in [5.74, 6) is -0.326. The minimum atomic E-state index is -0.787. The summed E-state index contributed by atoms with van der Waals surface area (Å²) in [6.07, 6.45) is 1.59. The van der Waals surface area contributed by atoms with Crippen LogP contribution in [0.25, 0.3) is 5.76 Å². The van der Waals surface area contributed by atoms with Gasteiger partial charge in [0.05, 0.1) is 37.1 Å². The zero-order valence-corrected chi connectivity index (χ0v) is 19.3. The molecule has 3 aliphatic rings. The highest BCUT2D eigenvalue weighted by atomic mass is 16.5. The molecule has 2 aromatic rings. The van der Waals surface area contributed by atoms with Crippen LogP contribution in [-0.2, 0) is 14.3 Å². The summed E-state index contributed by atoms with van der Waals surface area (Å²) in [5.41, 5.74) is 1.96. The number of aliphatic hydroxyl groups is 1. The standard InChI is InChI=1S/C26H28N2O6/c1-27-11-13-34-21-10-9-16(14-19(21)27)24(29)22-23(18-7-3-4-8-20(18)32-2)28(26(31)25(22)30)15-17-6-5-12-33-17/h3-4,7-10,14,17,23,29H,5-6,11-13,15H2,1-2H3/b24-22+. The van der Waals surface area contributed by atoms with Crippen molar-refractivity contribution in [1.82, 2.24) is 4.90 Å². The molecule has 2 saturated heterocycles. The molecule has 2 fully saturated rings. The first kappa shape index (κ1) is 22.3. The first-order valence-corrected chi connectivity index (χ1v) is 11.5. The van der Waals surface area contributed by atoms with Gasteiger partial charge in [0.2, 0.25) is 0 Å². The van der Waals surface area contributed by atoms with E-state index in [1.807, 2.05) is 30.1 Å². The van der Waals surface area contributed by atoms with Gasteiger partial charge in [-0.3, -0.25) is 9.59 Å². The maximum Gasteiger partial charge on any atom is 0.295 e. The van der Waals surface area contributed by atoms with Gasteiger partial charge in [-0.1, -0.05) is 18.2 Å². The van der Waals surface area contributed by atoms with Crippen LogP contribution in [0.1, 0.15) is 30.0 Å². The van der Waals surface area contributed by atoms with Gasteiger partial charge in [0, 0.05) is 31.3 Å². The Hall–Kier alpha value is -3.52. The SMILES string of the molecule is COc1ccccc1C1/C(=C(\O)c2ccc3c(c2)N(C)CCO3)C(=O)C(=O)N1CC1CCCO1. The third-order valence-electron chi connectivity index (χ3n) is 6.73. The number of ketones is 1. The summed E-state index contributed by atoms with van der Waals surface area (Å²) in [5, 5.41) is 11.4. The van der Waals surface area contributed by atoms with Crippen molar-refractivity contribution in [3.8, 4) is 11.5 Å². The molecule has 1 amide bonds. The molecule has 0 radical (unpaired) electrons. The molecule has 3 heterocycles. The fourth-order valence-corrected chi connectivity index (χ4v) is 4.95. The Bertz CT molecular complexity index is 1150. The van der Waals surface area contributed by atoms with Crippen LogP contribution >= 0.6 is 0 Å². The second kappa shape index (κ2) is 9.02. The first-order chi connectivity index (χ1) is 16.5. The van der Waals surface area contributed by atoms with Crippen molar-refractivity contribution in [2.75, 3.05) is 45.4 Å². The van der Waals surface area contributed by atoms with E-state index in [9.17, 15) is 14.7 Å². The number of aliphatic hydroxyl groups excluding tert-OH is 1. The lowest BCUT2D eigenvalue weighted by Gasteiger charge is -2.29. The number of benzene rings is 2. The molecule has 0 saturated carbocycles. The number of carbonyl (C=O) groups is 2. The number of hydrogen-bond donors (Lipinski definition) is 1. The number of fused-ring (bicyclic) bond motifs is 1. The Kier molecular flexibility index (Phi) is 5.91. The number of likely N-dealkylation sites (tertiary alicyclic amines) is 1. The third kappa shape index (κ3) is 3.77. The largest absolute Gasteiger partial charge is 0.507 e. The molecule has 2 atom stereocenters. The molecule has 0 aromatic heterocycles. The highest BCUT2D eigenvalue weighted by Gasteiger charge is 2.48. The monoisotopic (exact) mass is 464 g/mol. The van der Waals surface area contributed by atoms with Crippen molar-refractivity contribution in [2.24, 2.45) is 0 Å². The Morgan fingerprint density at radius 3 is 2.76 bits per heavy atom. The zero-order valence-electron chi connectivity index (χ0n) is 19.3. The van der Waals surface area contributed by atoms with Crippen molar-refractivity contribution < 1.29 is 28.9 Å². The molecule has 8 heteroatoms. The van der Waals surface area contributed by atoms with Crippen molar-refractivity contribution in [2.45, 2.75) is 25.0 Å². The lowest BCUT2D eigenvalue weighted by atomic mass is 9.94. The van der Waals surface area contributed by atoms with Gasteiger partial charge in [0.15, 0.2) is 0 Å². The van der Waals surface area contributed by atoms with E-state index in [0.29, 0.717) is 42.4 Å². The molecular weight excluding hydrogens is 436 g/mol. The molecule has 1 N–H and O–H groups in total. The van der Waals surface area contributed by atoms with Gasteiger partial charge in [-0.05, 0) is 37.1 Å². The van der Waals surface area contributed by atoms with E-state index in [4.69, 9.17) is 14.2 Å². The van der Waals surface area contributed by atoms with E-state index in [2.05, 4.69) is 0 Å². The summed E-state index contributed by atoms with van der Waals surface area (Å²) >= 11 is 0. The van der Waals surface area contributed by atoms with Crippen LogP contribution in [0.4, 0.5) is 5.69 Å². The minimum Gasteiger partial charge on any atom is -0.507 e. The van der Waals surface area contributed by atoms with Crippen molar-refractivity contribution >= 4 is 23.1 Å². The molecule has 5 rings (SSSR count). The van der Waals surface area contributed by atoms with Gasteiger partial charge in [-0.2, -0.15) is 0 Å². The predicted octanol–water partition coefficient (Wildman–Crippen LogP) is 3.12. The maximum absolute atomic E-state index is 13.3. The number of ether oxygens (including phenoxy) is 3. The smallest absolute Gasteiger partial charge is 0.295 e. The summed E-state index contributed by atoms with van der Waals surface area (Å²) in [7, 11) is 3.49. The van der Waals surface area contributed by atoms with E-state index in [-0.39, 0.29) is 24.0 Å². The van der Waals surface area contributed by atoms with Crippen LogP contribution < -0.4 is 14.4 Å². The van der Waals surface area contributed by atoms with Crippen LogP contribution in [0.5, 0.6) is 11.5 Å². The minimum absolute atomic E-state index is 0.0480. The molecule has 2 unspecified atom stereocenters. The number of anilines is 1. The van der Waals surface area contributed by atoms with Gasteiger partial charge in [-0.25, -0.2) is 0 Å². The number of rotatable bonds is 5. The number of methoxy groups -OCH3 is 1. The number of amides is 1. The van der Waals surface area contributed by atoms with E-state index in [0.717, 1.165) is 18.5 Å². The lowest BCUT2D eigenvalue weighted by molar-refractivity contribution is -0.140. The van der Waals surface area contributed by atoms with Crippen LogP contribution in [0.3, 0.4) is 0 Å². The van der Waals surface area contributed by atoms with Crippen molar-refractivity contribution in [3.63, 3.8) is 0 Å². The number of hydrogen-bond acceptors (Lipinski definition) is 7. The summed E-state index contributed by atoms with van der Waals surface area (Å²) in [6, 6.07) is 11.7. The van der Waals surface area contributed by atoms with Crippen molar-refractivity contribution in [1.29, 1.82) is 0 Å². The highest BCUT2D eigenvalue weighted by molar-refractivity contribution is 6.46. The fraction of sp³-hybridized carbons (Fsp3) is 0.385. The summed E-state index contributed by atoms with van der Waals surface area (Å²) in [4.78, 5) is 30.1. The molecule has 3 aliphatic heterocycles. The first-order valence-electron chi connectivity index (χ1n) is 11.5. The zero-order chi connectivity index (χ0) is 23.8. The normalized spacial score (nSPS) is 23.7. The molecule has 2 aromatic carbocycles. The van der Waals surface area contributed by atoms with Crippen LogP contribution in [0.15, 0.2) is 48.0 Å². The highest BCUT2D eigenvalue weighted by Crippen LogP contribution is 2.44. The third-order valence-corrected chi connectivity index (χ3v) is 6.73. The van der Waals surface area contributed by atoms with Crippen molar-refractivity contribution in [3.05, 3.63) is 59.2 Å². The van der Waals surface area contributed by atoms with Gasteiger partial charge < -0.3 is 29.1 Å². The number of para-hydroxylation sites is 1. The molecule has 0 bridgehead atoms. The molecular formula is C26H28N2O6. The van der Waals surface area contributed by atoms with Gasteiger partial charge in [0.1, 0.15) is 23.9 Å². The summed E-state index contributed by atoms with van der Waals surface area (Å²) < 4.78 is 17.0. The quantitative estimate of drug-likeness (QED) is 0.413. The second-order valence-corrected chi connectivity index (χ2v) is 8.78. The second-order valence-electron chi connectivity index (χ2n) is 8.78. The number of nitrogens with zero attached hydrogens (tertiary/aromatic N) is 2. The number of likely N-dealkylation sites (N-methyl/N-ethyl adjacent to an activating group) is 1. The van der Waals surface area contributed by atoms with Crippen LogP contribution in [-0.4, -0.2) is 68.3 Å². The Labute approximate surface area is 198 Å². The predicted molar refractivity (Wildman–Crippen MR) is 126 cm³/mol. The van der Waals surface area contributed by atoms with Crippen LogP contribution in [0, 0.1) is 0 Å². The van der Waals surface area contributed by atoms with Crippen LogP contribution in [0.2, 0.25) is 0 Å². The molecule has 0 aliphatic carbocycles. The molecule has 34 heavy (non-hydrogen) atoms. The Balaban J connectivity index is 1.64. The number of carbonyl (C=O) groups excluding carboxylic acids is 2. The van der Waals surface area contributed by atoms with E-state index >= 15 is 0 Å². The molecule has 178 valence electrons. The average Bonchev–Trinajstić information content (AvgIpc) is 3.46. The Morgan fingerprint density at radius 2 is 2.00 bits per heavy atom. The van der Waals surface area contributed by atoms with E-state index in [1.165, 1.54) is 4.90 Å². The van der Waals surface area contributed by atoms with E-state index < -0.39 is 17.7 Å². The fourth-order valence-electron chi connectivity index (χ4n) is 4.95. The van der Waals surface area contributed by atoms with Gasteiger partial charge in [-0.15, -0.1) is 0 Å².